The monoisotopic (exact) mass is 411 g/mol. The molecule has 1 saturated heterocycles. The summed E-state index contributed by atoms with van der Waals surface area (Å²) >= 11 is 0. The zero-order valence-electron chi connectivity index (χ0n) is 17.6. The molecule has 1 amide bonds. The maximum Gasteiger partial charge on any atom is 0.335 e. The maximum atomic E-state index is 12.4. The van der Waals surface area contributed by atoms with E-state index in [1.807, 2.05) is 17.0 Å². The maximum absolute atomic E-state index is 12.4. The number of carbonyl (C=O) groups excluding carboxylic acids is 1. The Kier molecular flexibility index (Phi) is 6.28. The molecule has 2 aliphatic carbocycles. The molecule has 0 spiro atoms. The molecule has 4 rings (SSSR count). The number of carbonyl (C=O) groups is 2. The number of aromatic carboxylic acids is 1. The van der Waals surface area contributed by atoms with Crippen molar-refractivity contribution in [2.24, 2.45) is 11.3 Å². The molecule has 3 fully saturated rings. The van der Waals surface area contributed by atoms with Crippen LogP contribution in [0.1, 0.15) is 73.7 Å². The van der Waals surface area contributed by atoms with Crippen molar-refractivity contribution in [3.63, 3.8) is 0 Å². The van der Waals surface area contributed by atoms with E-state index in [0.717, 1.165) is 30.7 Å². The van der Waals surface area contributed by atoms with E-state index in [-0.39, 0.29) is 29.0 Å². The number of benzene rings is 1. The number of carboxylic acid groups (broad SMARTS) is 1. The van der Waals surface area contributed by atoms with Gasteiger partial charge in [0.15, 0.2) is 0 Å². The Labute approximate surface area is 178 Å². The van der Waals surface area contributed by atoms with Crippen LogP contribution in [0.15, 0.2) is 36.4 Å². The van der Waals surface area contributed by atoms with Gasteiger partial charge in [-0.2, -0.15) is 0 Å². The van der Waals surface area contributed by atoms with E-state index in [2.05, 4.69) is 12.2 Å². The van der Waals surface area contributed by atoms with Gasteiger partial charge in [0.05, 0.1) is 17.7 Å². The quantitative estimate of drug-likeness (QED) is 0.566. The molecule has 2 atom stereocenters. The van der Waals surface area contributed by atoms with E-state index < -0.39 is 5.97 Å². The fraction of sp³-hybridized carbons (Fsp3) is 0.600. The largest absolute Gasteiger partial charge is 0.478 e. The van der Waals surface area contributed by atoms with Crippen molar-refractivity contribution in [2.45, 2.75) is 76.4 Å². The molecule has 162 valence electrons. The fourth-order valence-electron chi connectivity index (χ4n) is 5.13. The third-order valence-corrected chi connectivity index (χ3v) is 7.38. The number of hydrogen-bond donors (Lipinski definition) is 2. The van der Waals surface area contributed by atoms with Gasteiger partial charge in [0, 0.05) is 13.0 Å². The first-order valence-electron chi connectivity index (χ1n) is 11.4. The van der Waals surface area contributed by atoms with Crippen molar-refractivity contribution in [1.29, 1.82) is 0 Å². The third kappa shape index (κ3) is 4.77. The van der Waals surface area contributed by atoms with Crippen molar-refractivity contribution < 1.29 is 19.8 Å². The second kappa shape index (κ2) is 8.93. The smallest absolute Gasteiger partial charge is 0.335 e. The van der Waals surface area contributed by atoms with Crippen molar-refractivity contribution >= 4 is 11.9 Å². The van der Waals surface area contributed by atoms with E-state index >= 15 is 0 Å². The molecule has 2 saturated carbocycles. The molecular weight excluding hydrogens is 378 g/mol. The molecule has 0 aromatic heterocycles. The molecule has 2 N–H and O–H groups in total. The van der Waals surface area contributed by atoms with Crippen molar-refractivity contribution in [1.82, 2.24) is 4.90 Å². The number of likely N-dealkylation sites (tertiary alicyclic amines) is 1. The summed E-state index contributed by atoms with van der Waals surface area (Å²) in [4.78, 5) is 25.3. The number of nitrogens with zero attached hydrogens (tertiary/aromatic N) is 1. The summed E-state index contributed by atoms with van der Waals surface area (Å²) in [5.74, 6) is 0.0949. The lowest BCUT2D eigenvalue weighted by Crippen LogP contribution is -2.41. The minimum Gasteiger partial charge on any atom is -0.478 e. The van der Waals surface area contributed by atoms with E-state index in [1.54, 1.807) is 12.1 Å². The van der Waals surface area contributed by atoms with Gasteiger partial charge in [0.1, 0.15) is 0 Å². The minimum atomic E-state index is -0.926. The van der Waals surface area contributed by atoms with Gasteiger partial charge in [-0.25, -0.2) is 4.79 Å². The highest BCUT2D eigenvalue weighted by Crippen LogP contribution is 2.53. The van der Waals surface area contributed by atoms with Gasteiger partial charge in [0.2, 0.25) is 5.91 Å². The lowest BCUT2D eigenvalue weighted by atomic mass is 9.61. The van der Waals surface area contributed by atoms with Gasteiger partial charge in [-0.3, -0.25) is 4.79 Å². The topological polar surface area (TPSA) is 77.8 Å². The molecule has 3 aliphatic rings. The van der Waals surface area contributed by atoms with Gasteiger partial charge in [0.25, 0.3) is 0 Å². The van der Waals surface area contributed by atoms with Gasteiger partial charge in [-0.05, 0) is 67.6 Å². The standard InChI is InChI=1S/C25H33NO4/c27-22(25(14-2-15-25)17-19-5-6-19)4-1-3-21-11-12-23(28)26(21)16-13-18-7-9-20(10-8-18)24(29)30/h1,3,7-10,19,21-22,27H,2,4-6,11-17H2,(H,29,30)/t21-,22+/m0/s1. The average Bonchev–Trinajstić information content (AvgIpc) is 3.46. The summed E-state index contributed by atoms with van der Waals surface area (Å²) in [6, 6.07) is 6.97. The number of aliphatic hydroxyl groups is 1. The van der Waals surface area contributed by atoms with E-state index in [4.69, 9.17) is 5.11 Å². The summed E-state index contributed by atoms with van der Waals surface area (Å²) < 4.78 is 0. The highest BCUT2D eigenvalue weighted by molar-refractivity contribution is 5.87. The van der Waals surface area contributed by atoms with Gasteiger partial charge in [-0.15, -0.1) is 0 Å². The molecule has 1 aliphatic heterocycles. The first-order chi connectivity index (χ1) is 14.5. The molecule has 1 aromatic rings. The number of amides is 1. The summed E-state index contributed by atoms with van der Waals surface area (Å²) in [5, 5.41) is 19.8. The first-order valence-corrected chi connectivity index (χ1v) is 11.4. The Morgan fingerprint density at radius 1 is 1.20 bits per heavy atom. The first kappa shape index (κ1) is 21.1. The van der Waals surface area contributed by atoms with Crippen LogP contribution in [0.3, 0.4) is 0 Å². The average molecular weight is 412 g/mol. The number of hydrogen-bond acceptors (Lipinski definition) is 3. The van der Waals surface area contributed by atoms with Crippen molar-refractivity contribution in [2.75, 3.05) is 6.54 Å². The van der Waals surface area contributed by atoms with Crippen LogP contribution in [0.2, 0.25) is 0 Å². The van der Waals surface area contributed by atoms with Gasteiger partial charge >= 0.3 is 5.97 Å². The van der Waals surface area contributed by atoms with Crippen LogP contribution in [0.5, 0.6) is 0 Å². The predicted molar refractivity (Wildman–Crippen MR) is 115 cm³/mol. The van der Waals surface area contributed by atoms with Gasteiger partial charge in [-0.1, -0.05) is 43.5 Å². The van der Waals surface area contributed by atoms with Crippen LogP contribution in [0.25, 0.3) is 0 Å². The minimum absolute atomic E-state index is 0.101. The highest BCUT2D eigenvalue weighted by atomic mass is 16.4. The highest BCUT2D eigenvalue weighted by Gasteiger charge is 2.46. The predicted octanol–water partition coefficient (Wildman–Crippen LogP) is 4.20. The number of carboxylic acids is 1. The van der Waals surface area contributed by atoms with E-state index in [0.29, 0.717) is 25.8 Å². The van der Waals surface area contributed by atoms with Gasteiger partial charge < -0.3 is 15.1 Å². The van der Waals surface area contributed by atoms with Crippen LogP contribution in [0, 0.1) is 11.3 Å². The Morgan fingerprint density at radius 2 is 1.93 bits per heavy atom. The molecule has 30 heavy (non-hydrogen) atoms. The Morgan fingerprint density at radius 3 is 2.53 bits per heavy atom. The van der Waals surface area contributed by atoms with Crippen LogP contribution in [0.4, 0.5) is 0 Å². The molecule has 0 bridgehead atoms. The second-order valence-corrected chi connectivity index (χ2v) is 9.49. The van der Waals surface area contributed by atoms with E-state index in [1.165, 1.54) is 25.7 Å². The zero-order chi connectivity index (χ0) is 21.1. The molecule has 5 heteroatoms. The normalized spacial score (nSPS) is 24.2. The summed E-state index contributed by atoms with van der Waals surface area (Å²) in [6.45, 7) is 0.633. The SMILES string of the molecule is O=C(O)c1ccc(CCN2C(=O)CC[C@@H]2C=CC[C@@H](O)C2(CC3CC3)CCC2)cc1. The molecule has 1 aromatic carbocycles. The van der Waals surface area contributed by atoms with Crippen LogP contribution < -0.4 is 0 Å². The zero-order valence-corrected chi connectivity index (χ0v) is 17.6. The lowest BCUT2D eigenvalue weighted by molar-refractivity contribution is -0.128. The Bertz CT molecular complexity index is 792. The second-order valence-electron chi connectivity index (χ2n) is 9.49. The molecule has 1 heterocycles. The summed E-state index contributed by atoms with van der Waals surface area (Å²) in [7, 11) is 0. The summed E-state index contributed by atoms with van der Waals surface area (Å²) in [5.41, 5.74) is 1.46. The Hall–Kier alpha value is -2.14. The molecule has 5 nitrogen and oxygen atoms in total. The molecule has 0 unspecified atom stereocenters. The van der Waals surface area contributed by atoms with Crippen molar-refractivity contribution in [3.8, 4) is 0 Å². The molecule has 0 radical (unpaired) electrons. The molecular formula is C25H33NO4. The van der Waals surface area contributed by atoms with Crippen molar-refractivity contribution in [3.05, 3.63) is 47.5 Å². The van der Waals surface area contributed by atoms with Crippen LogP contribution in [-0.2, 0) is 11.2 Å². The number of aliphatic hydroxyl groups excluding tert-OH is 1. The number of rotatable bonds is 10. The fourth-order valence-corrected chi connectivity index (χ4v) is 5.13. The third-order valence-electron chi connectivity index (χ3n) is 7.38. The van der Waals surface area contributed by atoms with E-state index in [9.17, 15) is 14.7 Å². The van der Waals surface area contributed by atoms with Crippen LogP contribution >= 0.6 is 0 Å². The Balaban J connectivity index is 1.29. The van der Waals surface area contributed by atoms with Crippen LogP contribution in [-0.4, -0.2) is 45.7 Å². The lowest BCUT2D eigenvalue weighted by Gasteiger charge is -2.46. The summed E-state index contributed by atoms with van der Waals surface area (Å²) in [6.07, 6.45) is 14.2.